The normalized spacial score (nSPS) is 11.7. The van der Waals surface area contributed by atoms with E-state index in [4.69, 9.17) is 4.74 Å². The number of azo groups is 1. The first-order valence-corrected chi connectivity index (χ1v) is 10.7. The fraction of sp³-hybridized carbons (Fsp3) is 0.130. The molecule has 0 fully saturated rings. The van der Waals surface area contributed by atoms with E-state index in [1.54, 1.807) is 7.11 Å². The lowest BCUT2D eigenvalue weighted by molar-refractivity contribution is 0.415. The number of fused-ring (bicyclic) bond motifs is 2. The molecule has 31 heavy (non-hydrogen) atoms. The molecule has 0 radical (unpaired) electrons. The molecule has 0 aliphatic carbocycles. The van der Waals surface area contributed by atoms with Gasteiger partial charge in [0.15, 0.2) is 11.5 Å². The highest BCUT2D eigenvalue weighted by molar-refractivity contribution is 7.17. The molecule has 0 bridgehead atoms. The Bertz CT molecular complexity index is 1420. The molecular weight excluding hydrogens is 410 g/mol. The van der Waals surface area contributed by atoms with Crippen LogP contribution in [0.3, 0.4) is 0 Å². The second-order valence-electron chi connectivity index (χ2n) is 7.01. The number of aromatic nitrogens is 3. The summed E-state index contributed by atoms with van der Waals surface area (Å²) >= 11 is 1.53. The number of aromatic hydroxyl groups is 1. The van der Waals surface area contributed by atoms with Gasteiger partial charge in [0, 0.05) is 16.3 Å². The van der Waals surface area contributed by atoms with Crippen molar-refractivity contribution in [2.24, 2.45) is 10.2 Å². The van der Waals surface area contributed by atoms with Gasteiger partial charge >= 0.3 is 0 Å². The van der Waals surface area contributed by atoms with Gasteiger partial charge in [-0.1, -0.05) is 25.1 Å². The summed E-state index contributed by atoms with van der Waals surface area (Å²) in [5.41, 5.74) is 4.37. The molecule has 0 atom stereocenters. The van der Waals surface area contributed by atoms with Gasteiger partial charge in [-0.2, -0.15) is 0 Å². The van der Waals surface area contributed by atoms with E-state index >= 15 is 0 Å². The van der Waals surface area contributed by atoms with Crippen LogP contribution in [0.25, 0.3) is 32.2 Å². The average molecular weight is 430 g/mol. The first kappa shape index (κ1) is 19.2. The molecule has 3 heterocycles. The molecule has 0 saturated heterocycles. The summed E-state index contributed by atoms with van der Waals surface area (Å²) in [6, 6.07) is 13.8. The van der Waals surface area contributed by atoms with E-state index in [1.807, 2.05) is 47.8 Å². The average Bonchev–Trinajstić information content (AvgIpc) is 3.38. The molecule has 0 amide bonds. The van der Waals surface area contributed by atoms with E-state index in [9.17, 15) is 5.11 Å². The van der Waals surface area contributed by atoms with Gasteiger partial charge in [-0.25, -0.2) is 9.97 Å². The maximum Gasteiger partial charge on any atom is 0.218 e. The summed E-state index contributed by atoms with van der Waals surface area (Å²) in [4.78, 5) is 12.5. The highest BCUT2D eigenvalue weighted by Gasteiger charge is 2.15. The van der Waals surface area contributed by atoms with E-state index in [0.29, 0.717) is 11.5 Å². The molecular formula is C23H19N5O2S. The van der Waals surface area contributed by atoms with Crippen LogP contribution in [-0.4, -0.2) is 27.2 Å². The molecule has 0 aliphatic heterocycles. The number of rotatable bonds is 5. The third-order valence-corrected chi connectivity index (χ3v) is 6.11. The molecule has 0 unspecified atom stereocenters. The van der Waals surface area contributed by atoms with Crippen molar-refractivity contribution in [2.45, 2.75) is 13.3 Å². The number of H-pyrrole nitrogens is 1. The molecule has 5 rings (SSSR count). The van der Waals surface area contributed by atoms with Crippen molar-refractivity contribution >= 4 is 44.0 Å². The third-order valence-electron chi connectivity index (χ3n) is 5.22. The Labute approximate surface area is 182 Å². The van der Waals surface area contributed by atoms with Gasteiger partial charge in [0.1, 0.15) is 16.9 Å². The number of hydrogen-bond donors (Lipinski definition) is 2. The molecule has 7 nitrogen and oxygen atoms in total. The molecule has 0 aliphatic rings. The molecule has 2 N–H and O–H groups in total. The Morgan fingerprint density at radius 1 is 1.10 bits per heavy atom. The lowest BCUT2D eigenvalue weighted by Gasteiger charge is -2.03. The monoisotopic (exact) mass is 429 g/mol. The first-order chi connectivity index (χ1) is 15.2. The second kappa shape index (κ2) is 7.81. The summed E-state index contributed by atoms with van der Waals surface area (Å²) in [5, 5.41) is 22.9. The standard InChI is InChI=1S/C23H19N5O2S/c1-3-13-4-9-18-16(10-13)20(22(29)26-18)27-28-21-19-17(11-31-23(19)25-12-24-21)14-5-7-15(30-2)8-6-14/h4-12,26,29H,3H2,1-2H3. The summed E-state index contributed by atoms with van der Waals surface area (Å²) < 4.78 is 5.26. The molecule has 8 heteroatoms. The zero-order chi connectivity index (χ0) is 21.4. The Hall–Kier alpha value is -3.78. The van der Waals surface area contributed by atoms with Crippen LogP contribution < -0.4 is 4.74 Å². The largest absolute Gasteiger partial charge is 0.497 e. The number of methoxy groups -OCH3 is 1. The minimum atomic E-state index is -0.0157. The molecule has 154 valence electrons. The molecule has 2 aromatic carbocycles. The number of hydrogen-bond acceptors (Lipinski definition) is 7. The smallest absolute Gasteiger partial charge is 0.218 e. The van der Waals surface area contributed by atoms with Crippen LogP contribution in [0.15, 0.2) is 64.4 Å². The van der Waals surface area contributed by atoms with Crippen LogP contribution in [0.5, 0.6) is 11.6 Å². The van der Waals surface area contributed by atoms with Crippen LogP contribution in [0, 0.1) is 0 Å². The van der Waals surface area contributed by atoms with Gasteiger partial charge in [0.05, 0.1) is 18.0 Å². The second-order valence-corrected chi connectivity index (χ2v) is 7.87. The summed E-state index contributed by atoms with van der Waals surface area (Å²) in [6.07, 6.45) is 2.38. The fourth-order valence-corrected chi connectivity index (χ4v) is 4.46. The Balaban J connectivity index is 1.61. The van der Waals surface area contributed by atoms with Crippen molar-refractivity contribution in [1.29, 1.82) is 0 Å². The maximum atomic E-state index is 10.4. The van der Waals surface area contributed by atoms with Crippen molar-refractivity contribution in [2.75, 3.05) is 7.11 Å². The highest BCUT2D eigenvalue weighted by Crippen LogP contribution is 2.40. The van der Waals surface area contributed by atoms with Crippen molar-refractivity contribution in [3.8, 4) is 22.8 Å². The molecule has 0 spiro atoms. The molecule has 0 saturated carbocycles. The van der Waals surface area contributed by atoms with Gasteiger partial charge in [-0.05, 0) is 41.8 Å². The number of nitrogens with zero attached hydrogens (tertiary/aromatic N) is 4. The zero-order valence-corrected chi connectivity index (χ0v) is 17.8. The number of thiophene rings is 1. The Morgan fingerprint density at radius 3 is 2.71 bits per heavy atom. The van der Waals surface area contributed by atoms with Gasteiger partial charge in [-0.3, -0.25) is 0 Å². The summed E-state index contributed by atoms with van der Waals surface area (Å²) in [5.74, 6) is 1.23. The minimum absolute atomic E-state index is 0.0157. The quantitative estimate of drug-likeness (QED) is 0.310. The first-order valence-electron chi connectivity index (χ1n) is 9.80. The van der Waals surface area contributed by atoms with Crippen molar-refractivity contribution in [1.82, 2.24) is 15.0 Å². The maximum absolute atomic E-state index is 10.4. The van der Waals surface area contributed by atoms with Crippen molar-refractivity contribution in [3.63, 3.8) is 0 Å². The number of nitrogens with one attached hydrogen (secondary N) is 1. The topological polar surface area (TPSA) is 95.8 Å². The van der Waals surface area contributed by atoms with Crippen LogP contribution in [-0.2, 0) is 6.42 Å². The van der Waals surface area contributed by atoms with Gasteiger partial charge in [-0.15, -0.1) is 21.6 Å². The van der Waals surface area contributed by atoms with Crippen LogP contribution in [0.4, 0.5) is 11.5 Å². The highest BCUT2D eigenvalue weighted by atomic mass is 32.1. The van der Waals surface area contributed by atoms with Gasteiger partial charge in [0.25, 0.3) is 0 Å². The predicted molar refractivity (Wildman–Crippen MR) is 123 cm³/mol. The predicted octanol–water partition coefficient (Wildman–Crippen LogP) is 6.53. The summed E-state index contributed by atoms with van der Waals surface area (Å²) in [7, 11) is 1.64. The van der Waals surface area contributed by atoms with Crippen LogP contribution in [0.2, 0.25) is 0 Å². The minimum Gasteiger partial charge on any atom is -0.497 e. The number of ether oxygens (including phenoxy) is 1. The number of aromatic amines is 1. The van der Waals surface area contributed by atoms with E-state index in [0.717, 1.165) is 50.0 Å². The molecule has 5 aromatic rings. The zero-order valence-electron chi connectivity index (χ0n) is 17.0. The number of aryl methyl sites for hydroxylation is 1. The Morgan fingerprint density at radius 2 is 1.94 bits per heavy atom. The van der Waals surface area contributed by atoms with Crippen molar-refractivity contribution < 1.29 is 9.84 Å². The van der Waals surface area contributed by atoms with Gasteiger partial charge < -0.3 is 14.8 Å². The third kappa shape index (κ3) is 3.40. The SMILES string of the molecule is CCc1ccc2[nH]c(O)c(N=Nc3ncnc4scc(-c5ccc(OC)cc5)c34)c2c1. The number of benzene rings is 2. The Kier molecular flexibility index (Phi) is 4.83. The summed E-state index contributed by atoms with van der Waals surface area (Å²) in [6.45, 7) is 2.09. The van der Waals surface area contributed by atoms with Crippen LogP contribution in [0.1, 0.15) is 12.5 Å². The van der Waals surface area contributed by atoms with E-state index in [-0.39, 0.29) is 5.88 Å². The van der Waals surface area contributed by atoms with Crippen molar-refractivity contribution in [3.05, 3.63) is 59.7 Å². The van der Waals surface area contributed by atoms with E-state index < -0.39 is 0 Å². The van der Waals surface area contributed by atoms with E-state index in [2.05, 4.69) is 32.1 Å². The fourth-order valence-electron chi connectivity index (χ4n) is 3.55. The van der Waals surface area contributed by atoms with E-state index in [1.165, 1.54) is 17.7 Å². The lowest BCUT2D eigenvalue weighted by atomic mass is 10.1. The van der Waals surface area contributed by atoms with Gasteiger partial charge in [0.2, 0.25) is 5.88 Å². The lowest BCUT2D eigenvalue weighted by Crippen LogP contribution is -1.84. The molecule has 3 aromatic heterocycles. The van der Waals surface area contributed by atoms with Crippen LogP contribution >= 0.6 is 11.3 Å².